The van der Waals surface area contributed by atoms with Crippen LogP contribution < -0.4 is 20.1 Å². The van der Waals surface area contributed by atoms with Crippen molar-refractivity contribution in [2.75, 3.05) is 25.1 Å². The molecular formula is C20H25BrN2O3. The van der Waals surface area contributed by atoms with Gasteiger partial charge in [-0.05, 0) is 66.2 Å². The largest absolute Gasteiger partial charge is 0.490 e. The molecule has 0 unspecified atom stereocenters. The van der Waals surface area contributed by atoms with E-state index in [1.807, 2.05) is 50.2 Å². The van der Waals surface area contributed by atoms with E-state index < -0.39 is 0 Å². The minimum Gasteiger partial charge on any atom is -0.490 e. The summed E-state index contributed by atoms with van der Waals surface area (Å²) in [7, 11) is 0. The van der Waals surface area contributed by atoms with E-state index >= 15 is 0 Å². The van der Waals surface area contributed by atoms with Gasteiger partial charge in [-0.3, -0.25) is 4.79 Å². The predicted octanol–water partition coefficient (Wildman–Crippen LogP) is 4.28. The highest BCUT2D eigenvalue weighted by molar-refractivity contribution is 9.10. The van der Waals surface area contributed by atoms with Crippen molar-refractivity contribution in [3.8, 4) is 11.5 Å². The number of ether oxygens (including phenoxy) is 2. The molecule has 2 aromatic carbocycles. The molecule has 0 saturated carbocycles. The Morgan fingerprint density at radius 2 is 1.85 bits per heavy atom. The molecule has 2 rings (SSSR count). The molecule has 6 heteroatoms. The Morgan fingerprint density at radius 3 is 2.50 bits per heavy atom. The summed E-state index contributed by atoms with van der Waals surface area (Å²) in [5.41, 5.74) is 2.97. The van der Waals surface area contributed by atoms with Crippen LogP contribution in [0.4, 0.5) is 5.69 Å². The summed E-state index contributed by atoms with van der Waals surface area (Å²) in [6, 6.07) is 11.5. The summed E-state index contributed by atoms with van der Waals surface area (Å²) in [4.78, 5) is 12.2. The quantitative estimate of drug-likeness (QED) is 0.635. The lowest BCUT2D eigenvalue weighted by atomic mass is 10.2. The fraction of sp³-hybridized carbons (Fsp3) is 0.350. The van der Waals surface area contributed by atoms with E-state index in [2.05, 4.69) is 33.5 Å². The maximum atomic E-state index is 12.2. The van der Waals surface area contributed by atoms with Crippen LogP contribution in [0.2, 0.25) is 0 Å². The van der Waals surface area contributed by atoms with Crippen LogP contribution in [0.1, 0.15) is 25.0 Å². The Morgan fingerprint density at radius 1 is 1.12 bits per heavy atom. The van der Waals surface area contributed by atoms with Crippen molar-refractivity contribution < 1.29 is 14.3 Å². The van der Waals surface area contributed by atoms with Gasteiger partial charge in [-0.25, -0.2) is 0 Å². The molecule has 0 heterocycles. The van der Waals surface area contributed by atoms with Crippen molar-refractivity contribution >= 4 is 27.5 Å². The van der Waals surface area contributed by atoms with Crippen LogP contribution in [-0.2, 0) is 11.3 Å². The Labute approximate surface area is 163 Å². The number of hydrogen-bond donors (Lipinski definition) is 2. The van der Waals surface area contributed by atoms with Gasteiger partial charge in [0, 0.05) is 12.2 Å². The van der Waals surface area contributed by atoms with Crippen LogP contribution in [0.5, 0.6) is 11.5 Å². The number of aryl methyl sites for hydroxylation is 1. The van der Waals surface area contributed by atoms with Crippen LogP contribution in [0.3, 0.4) is 0 Å². The number of benzene rings is 2. The topological polar surface area (TPSA) is 59.6 Å². The molecule has 2 N–H and O–H groups in total. The van der Waals surface area contributed by atoms with Crippen LogP contribution in [0.25, 0.3) is 0 Å². The van der Waals surface area contributed by atoms with E-state index in [9.17, 15) is 4.79 Å². The third-order valence-corrected chi connectivity index (χ3v) is 4.22. The number of halogens is 1. The van der Waals surface area contributed by atoms with Gasteiger partial charge in [0.05, 0.1) is 11.1 Å². The molecule has 0 spiro atoms. The highest BCUT2D eigenvalue weighted by atomic mass is 79.9. The summed E-state index contributed by atoms with van der Waals surface area (Å²) in [6.45, 7) is 8.02. The number of nitrogens with one attached hydrogen (secondary N) is 2. The van der Waals surface area contributed by atoms with Gasteiger partial charge in [0.25, 0.3) is 5.91 Å². The van der Waals surface area contributed by atoms with E-state index in [1.54, 1.807) is 0 Å². The van der Waals surface area contributed by atoms with Gasteiger partial charge in [-0.15, -0.1) is 0 Å². The van der Waals surface area contributed by atoms with E-state index in [1.165, 1.54) is 0 Å². The Balaban J connectivity index is 2.04. The monoisotopic (exact) mass is 420 g/mol. The summed E-state index contributed by atoms with van der Waals surface area (Å²) < 4.78 is 12.2. The SMILES string of the molecule is CCNCc1cc(Br)c(OCC(=O)Nc2ccc(C)cc2)c(OCC)c1. The Kier molecular flexibility index (Phi) is 7.94. The maximum absolute atomic E-state index is 12.2. The lowest BCUT2D eigenvalue weighted by molar-refractivity contribution is -0.118. The second-order valence-corrected chi connectivity index (χ2v) is 6.68. The smallest absolute Gasteiger partial charge is 0.262 e. The van der Waals surface area contributed by atoms with E-state index in [4.69, 9.17) is 9.47 Å². The van der Waals surface area contributed by atoms with Gasteiger partial charge >= 0.3 is 0 Å². The molecule has 0 aromatic heterocycles. The molecule has 26 heavy (non-hydrogen) atoms. The normalized spacial score (nSPS) is 10.5. The van der Waals surface area contributed by atoms with E-state index in [-0.39, 0.29) is 12.5 Å². The molecule has 1 amide bonds. The van der Waals surface area contributed by atoms with Crippen LogP contribution in [0, 0.1) is 6.92 Å². The molecule has 0 atom stereocenters. The van der Waals surface area contributed by atoms with Gasteiger partial charge < -0.3 is 20.1 Å². The van der Waals surface area contributed by atoms with Gasteiger partial charge in [-0.2, -0.15) is 0 Å². The molecular weight excluding hydrogens is 396 g/mol. The van der Waals surface area contributed by atoms with Crippen LogP contribution in [-0.4, -0.2) is 25.7 Å². The summed E-state index contributed by atoms with van der Waals surface area (Å²) in [6.07, 6.45) is 0. The van der Waals surface area contributed by atoms with Gasteiger partial charge in [0.2, 0.25) is 0 Å². The zero-order chi connectivity index (χ0) is 18.9. The average Bonchev–Trinajstić information content (AvgIpc) is 2.61. The summed E-state index contributed by atoms with van der Waals surface area (Å²) >= 11 is 3.52. The summed E-state index contributed by atoms with van der Waals surface area (Å²) in [5, 5.41) is 6.10. The minimum absolute atomic E-state index is 0.0981. The Bertz CT molecular complexity index is 733. The van der Waals surface area contributed by atoms with Crippen molar-refractivity contribution in [2.24, 2.45) is 0 Å². The molecule has 0 aliphatic heterocycles. The first-order valence-electron chi connectivity index (χ1n) is 8.68. The van der Waals surface area contributed by atoms with Gasteiger partial charge in [0.15, 0.2) is 18.1 Å². The standard InChI is InChI=1S/C20H25BrN2O3/c1-4-22-12-15-10-17(21)20(18(11-15)25-5-2)26-13-19(24)23-16-8-6-14(3)7-9-16/h6-11,22H,4-5,12-13H2,1-3H3,(H,23,24). The van der Waals surface area contributed by atoms with E-state index in [0.717, 1.165) is 34.4 Å². The fourth-order valence-corrected chi connectivity index (χ4v) is 2.97. The number of carbonyl (C=O) groups is 1. The van der Waals surface area contributed by atoms with Gasteiger partial charge in [0.1, 0.15) is 0 Å². The molecule has 0 aliphatic carbocycles. The fourth-order valence-electron chi connectivity index (χ4n) is 2.37. The van der Waals surface area contributed by atoms with Crippen molar-refractivity contribution in [1.82, 2.24) is 5.32 Å². The molecule has 0 radical (unpaired) electrons. The second-order valence-electron chi connectivity index (χ2n) is 5.82. The number of hydrogen-bond acceptors (Lipinski definition) is 4. The average molecular weight is 421 g/mol. The number of anilines is 1. The van der Waals surface area contributed by atoms with Crippen LogP contribution in [0.15, 0.2) is 40.9 Å². The molecule has 5 nitrogen and oxygen atoms in total. The molecule has 0 bridgehead atoms. The highest BCUT2D eigenvalue weighted by Gasteiger charge is 2.14. The number of amides is 1. The molecule has 0 saturated heterocycles. The van der Waals surface area contributed by atoms with Crippen molar-refractivity contribution in [2.45, 2.75) is 27.3 Å². The molecule has 140 valence electrons. The van der Waals surface area contributed by atoms with Crippen molar-refractivity contribution in [3.05, 3.63) is 52.0 Å². The third kappa shape index (κ3) is 6.04. The summed E-state index contributed by atoms with van der Waals surface area (Å²) in [5.74, 6) is 0.934. The molecule has 0 fully saturated rings. The first-order chi connectivity index (χ1) is 12.5. The van der Waals surface area contributed by atoms with E-state index in [0.29, 0.717) is 18.1 Å². The highest BCUT2D eigenvalue weighted by Crippen LogP contribution is 2.37. The number of rotatable bonds is 9. The maximum Gasteiger partial charge on any atom is 0.262 e. The predicted molar refractivity (Wildman–Crippen MR) is 108 cm³/mol. The van der Waals surface area contributed by atoms with Crippen LogP contribution >= 0.6 is 15.9 Å². The third-order valence-electron chi connectivity index (χ3n) is 3.63. The van der Waals surface area contributed by atoms with Gasteiger partial charge in [-0.1, -0.05) is 24.6 Å². The number of carbonyl (C=O) groups excluding carboxylic acids is 1. The lowest BCUT2D eigenvalue weighted by Crippen LogP contribution is -2.20. The zero-order valence-electron chi connectivity index (χ0n) is 15.4. The van der Waals surface area contributed by atoms with Crippen molar-refractivity contribution in [3.63, 3.8) is 0 Å². The lowest BCUT2D eigenvalue weighted by Gasteiger charge is -2.15. The molecule has 2 aromatic rings. The second kappa shape index (κ2) is 10.2. The first kappa shape index (κ1) is 20.3. The Hall–Kier alpha value is -2.05. The molecule has 0 aliphatic rings. The zero-order valence-corrected chi connectivity index (χ0v) is 17.0. The minimum atomic E-state index is -0.222. The van der Waals surface area contributed by atoms with Crippen molar-refractivity contribution in [1.29, 1.82) is 0 Å². The first-order valence-corrected chi connectivity index (χ1v) is 9.48.